The second-order valence-electron chi connectivity index (χ2n) is 1.61. The van der Waals surface area contributed by atoms with Gasteiger partial charge in [0.15, 0.2) is 0 Å². The summed E-state index contributed by atoms with van der Waals surface area (Å²) in [4.78, 5) is 10.3. The van der Waals surface area contributed by atoms with Crippen LogP contribution < -0.4 is 11.1 Å². The van der Waals surface area contributed by atoms with Crippen molar-refractivity contribution in [2.75, 3.05) is 12.3 Å². The van der Waals surface area contributed by atoms with Crippen molar-refractivity contribution in [1.29, 1.82) is 0 Å². The molecule has 0 bridgehead atoms. The van der Waals surface area contributed by atoms with Crippen LogP contribution in [-0.4, -0.2) is 23.6 Å². The number of hydrogen-bond donors (Lipinski definition) is 2. The van der Waals surface area contributed by atoms with E-state index < -0.39 is 0 Å². The number of carbonyl (C=O) groups is 1. The summed E-state index contributed by atoms with van der Waals surface area (Å²) in [6.07, 6.45) is 0. The Hall–Kier alpha value is 0.0700. The van der Waals surface area contributed by atoms with Crippen molar-refractivity contribution in [2.24, 2.45) is 5.73 Å². The lowest BCUT2D eigenvalue weighted by atomic mass is 10.6. The Kier molecular flexibility index (Phi) is 4.01. The molecular formula is C4H9ClN2OS. The SMILES string of the molecule is Cl.NC(=O)C1NCCS1. The molecule has 3 N–H and O–H groups in total. The monoisotopic (exact) mass is 168 g/mol. The van der Waals surface area contributed by atoms with Crippen LogP contribution in [0, 0.1) is 0 Å². The van der Waals surface area contributed by atoms with E-state index in [9.17, 15) is 4.79 Å². The summed E-state index contributed by atoms with van der Waals surface area (Å²) in [6, 6.07) is 0. The first-order valence-electron chi connectivity index (χ1n) is 2.45. The predicted octanol–water partition coefficient (Wildman–Crippen LogP) is -0.444. The molecule has 0 aromatic rings. The first-order chi connectivity index (χ1) is 3.80. The van der Waals surface area contributed by atoms with Gasteiger partial charge in [-0.2, -0.15) is 0 Å². The molecule has 9 heavy (non-hydrogen) atoms. The van der Waals surface area contributed by atoms with Gasteiger partial charge < -0.3 is 5.73 Å². The Morgan fingerprint density at radius 1 is 1.78 bits per heavy atom. The van der Waals surface area contributed by atoms with Crippen LogP contribution in [0.5, 0.6) is 0 Å². The van der Waals surface area contributed by atoms with Crippen LogP contribution in [-0.2, 0) is 4.79 Å². The molecule has 54 valence electrons. The molecule has 5 heteroatoms. The van der Waals surface area contributed by atoms with Crippen molar-refractivity contribution in [1.82, 2.24) is 5.32 Å². The molecular weight excluding hydrogens is 160 g/mol. The van der Waals surface area contributed by atoms with E-state index in [4.69, 9.17) is 5.73 Å². The summed E-state index contributed by atoms with van der Waals surface area (Å²) < 4.78 is 0. The van der Waals surface area contributed by atoms with Crippen LogP contribution in [0.15, 0.2) is 0 Å². The number of amides is 1. The lowest BCUT2D eigenvalue weighted by Crippen LogP contribution is -2.34. The number of hydrogen-bond acceptors (Lipinski definition) is 3. The quantitative estimate of drug-likeness (QED) is 0.558. The highest BCUT2D eigenvalue weighted by atomic mass is 35.5. The number of primary amides is 1. The lowest BCUT2D eigenvalue weighted by Gasteiger charge is -2.00. The highest BCUT2D eigenvalue weighted by Crippen LogP contribution is 2.11. The number of nitrogens with two attached hydrogens (primary N) is 1. The van der Waals surface area contributed by atoms with Gasteiger partial charge in [-0.3, -0.25) is 10.1 Å². The molecule has 0 radical (unpaired) electrons. The molecule has 1 aliphatic heterocycles. The molecule has 1 amide bonds. The predicted molar refractivity (Wildman–Crippen MR) is 40.7 cm³/mol. The average molecular weight is 169 g/mol. The zero-order valence-corrected chi connectivity index (χ0v) is 6.43. The van der Waals surface area contributed by atoms with Crippen molar-refractivity contribution in [3.63, 3.8) is 0 Å². The van der Waals surface area contributed by atoms with Gasteiger partial charge in [-0.15, -0.1) is 24.2 Å². The molecule has 1 fully saturated rings. The normalized spacial score (nSPS) is 25.1. The molecule has 1 saturated heterocycles. The summed E-state index contributed by atoms with van der Waals surface area (Å²) in [7, 11) is 0. The van der Waals surface area contributed by atoms with Crippen LogP contribution in [0.3, 0.4) is 0 Å². The Morgan fingerprint density at radius 2 is 2.44 bits per heavy atom. The Balaban J connectivity index is 0.000000640. The Bertz CT molecular complexity index is 105. The third-order valence-corrected chi connectivity index (χ3v) is 2.15. The number of halogens is 1. The summed E-state index contributed by atoms with van der Waals surface area (Å²) in [5.41, 5.74) is 4.98. The van der Waals surface area contributed by atoms with Gasteiger partial charge in [0.1, 0.15) is 5.37 Å². The van der Waals surface area contributed by atoms with Crippen molar-refractivity contribution < 1.29 is 4.79 Å². The third-order valence-electron chi connectivity index (χ3n) is 0.975. The van der Waals surface area contributed by atoms with E-state index in [2.05, 4.69) is 5.32 Å². The first kappa shape index (κ1) is 9.07. The van der Waals surface area contributed by atoms with Crippen molar-refractivity contribution >= 4 is 30.1 Å². The number of rotatable bonds is 1. The fraction of sp³-hybridized carbons (Fsp3) is 0.750. The molecule has 0 aromatic carbocycles. The van der Waals surface area contributed by atoms with Crippen LogP contribution >= 0.6 is 24.2 Å². The van der Waals surface area contributed by atoms with Crippen molar-refractivity contribution in [3.8, 4) is 0 Å². The van der Waals surface area contributed by atoms with E-state index in [1.54, 1.807) is 11.8 Å². The average Bonchev–Trinajstić information content (AvgIpc) is 2.12. The second kappa shape index (κ2) is 3.98. The van der Waals surface area contributed by atoms with Crippen molar-refractivity contribution in [3.05, 3.63) is 0 Å². The molecule has 1 heterocycles. The fourth-order valence-corrected chi connectivity index (χ4v) is 1.48. The summed E-state index contributed by atoms with van der Waals surface area (Å²) >= 11 is 1.56. The van der Waals surface area contributed by atoms with E-state index >= 15 is 0 Å². The second-order valence-corrected chi connectivity index (χ2v) is 2.82. The molecule has 0 spiro atoms. The van der Waals surface area contributed by atoms with E-state index in [1.807, 2.05) is 0 Å². The van der Waals surface area contributed by atoms with E-state index in [-0.39, 0.29) is 23.7 Å². The van der Waals surface area contributed by atoms with Crippen LogP contribution in [0.1, 0.15) is 0 Å². The van der Waals surface area contributed by atoms with E-state index in [1.165, 1.54) is 0 Å². The lowest BCUT2D eigenvalue weighted by molar-refractivity contribution is -0.117. The molecule has 1 atom stereocenters. The third kappa shape index (κ3) is 2.43. The van der Waals surface area contributed by atoms with Crippen molar-refractivity contribution in [2.45, 2.75) is 5.37 Å². The summed E-state index contributed by atoms with van der Waals surface area (Å²) in [5, 5.41) is 2.81. The minimum atomic E-state index is -0.257. The standard InChI is InChI=1S/C4H8N2OS.ClH/c5-3(7)4-6-1-2-8-4;/h4,6H,1-2H2,(H2,5,7);1H. The first-order valence-corrected chi connectivity index (χ1v) is 3.50. The zero-order valence-electron chi connectivity index (χ0n) is 4.79. The van der Waals surface area contributed by atoms with Gasteiger partial charge in [-0.05, 0) is 0 Å². The molecule has 3 nitrogen and oxygen atoms in total. The van der Waals surface area contributed by atoms with Gasteiger partial charge in [0.05, 0.1) is 0 Å². The largest absolute Gasteiger partial charge is 0.368 e. The van der Waals surface area contributed by atoms with Crippen LogP contribution in [0.2, 0.25) is 0 Å². The maximum atomic E-state index is 10.3. The molecule has 0 aliphatic carbocycles. The Morgan fingerprint density at radius 3 is 2.67 bits per heavy atom. The fourth-order valence-electron chi connectivity index (χ4n) is 0.608. The highest BCUT2D eigenvalue weighted by molar-refractivity contribution is 8.00. The minimum absolute atomic E-state index is 0. The Labute approximate surface area is 64.2 Å². The maximum absolute atomic E-state index is 10.3. The van der Waals surface area contributed by atoms with Gasteiger partial charge in [-0.1, -0.05) is 0 Å². The van der Waals surface area contributed by atoms with Gasteiger partial charge in [0.2, 0.25) is 5.91 Å². The van der Waals surface area contributed by atoms with Gasteiger partial charge in [0, 0.05) is 12.3 Å². The molecule has 0 aromatic heterocycles. The van der Waals surface area contributed by atoms with E-state index in [0.717, 1.165) is 12.3 Å². The van der Waals surface area contributed by atoms with Gasteiger partial charge in [0.25, 0.3) is 0 Å². The smallest absolute Gasteiger partial charge is 0.244 e. The summed E-state index contributed by atoms with van der Waals surface area (Å²) in [5.74, 6) is 0.737. The maximum Gasteiger partial charge on any atom is 0.244 e. The van der Waals surface area contributed by atoms with Crippen LogP contribution in [0.25, 0.3) is 0 Å². The molecule has 1 unspecified atom stereocenters. The van der Waals surface area contributed by atoms with Gasteiger partial charge in [-0.25, -0.2) is 0 Å². The minimum Gasteiger partial charge on any atom is -0.368 e. The highest BCUT2D eigenvalue weighted by Gasteiger charge is 2.18. The zero-order chi connectivity index (χ0) is 5.98. The van der Waals surface area contributed by atoms with Crippen LogP contribution in [0.4, 0.5) is 0 Å². The molecule has 0 saturated carbocycles. The number of carbonyl (C=O) groups excluding carboxylic acids is 1. The molecule has 1 aliphatic rings. The summed E-state index contributed by atoms with van der Waals surface area (Å²) in [6.45, 7) is 0.901. The topological polar surface area (TPSA) is 55.1 Å². The van der Waals surface area contributed by atoms with E-state index in [0.29, 0.717) is 0 Å². The number of nitrogens with one attached hydrogen (secondary N) is 1. The number of thioether (sulfide) groups is 1. The molecule has 1 rings (SSSR count). The van der Waals surface area contributed by atoms with Gasteiger partial charge >= 0.3 is 0 Å².